The highest BCUT2D eigenvalue weighted by molar-refractivity contribution is 5.97. The Balaban J connectivity index is 1.26. The molecule has 0 saturated heterocycles. The molecule has 9 atom stereocenters. The number of rotatable bonds is 7. The first-order valence-corrected chi connectivity index (χ1v) is 15.3. The van der Waals surface area contributed by atoms with E-state index in [2.05, 4.69) is 20.8 Å². The summed E-state index contributed by atoms with van der Waals surface area (Å²) in [6.45, 7) is 11.8. The van der Waals surface area contributed by atoms with Crippen LogP contribution in [0.3, 0.4) is 0 Å². The molecule has 198 valence electrons. The van der Waals surface area contributed by atoms with Crippen molar-refractivity contribution in [2.75, 3.05) is 0 Å². The molecule has 1 aromatic carbocycles. The van der Waals surface area contributed by atoms with Crippen molar-refractivity contribution in [3.8, 4) is 0 Å². The molecule has 0 amide bonds. The lowest BCUT2D eigenvalue weighted by Crippen LogP contribution is -2.54. The second-order valence-corrected chi connectivity index (χ2v) is 14.2. The Morgan fingerprint density at radius 2 is 1.56 bits per heavy atom. The maximum Gasteiger partial charge on any atom is 0.165 e. The van der Waals surface area contributed by atoms with Crippen LogP contribution in [0.5, 0.6) is 0 Å². The lowest BCUT2D eigenvalue weighted by molar-refractivity contribution is -0.123. The third-order valence-electron chi connectivity index (χ3n) is 12.3. The van der Waals surface area contributed by atoms with Crippen molar-refractivity contribution in [2.45, 2.75) is 105 Å². The minimum atomic E-state index is 0.175. The first-order chi connectivity index (χ1) is 17.1. The van der Waals surface area contributed by atoms with E-state index in [1.165, 1.54) is 44.9 Å². The van der Waals surface area contributed by atoms with E-state index in [4.69, 9.17) is 0 Å². The Bertz CT molecular complexity index is 949. The molecule has 4 fully saturated rings. The summed E-state index contributed by atoms with van der Waals surface area (Å²) in [6, 6.07) is 10.0. The molecule has 0 aliphatic heterocycles. The molecule has 0 aromatic heterocycles. The monoisotopic (exact) mass is 490 g/mol. The summed E-state index contributed by atoms with van der Waals surface area (Å²) in [6.07, 6.45) is 13.5. The fourth-order valence-corrected chi connectivity index (χ4v) is 10.2. The fourth-order valence-electron chi connectivity index (χ4n) is 10.2. The van der Waals surface area contributed by atoms with Gasteiger partial charge >= 0.3 is 0 Å². The summed E-state index contributed by atoms with van der Waals surface area (Å²) in [5, 5.41) is 0. The van der Waals surface area contributed by atoms with Crippen LogP contribution < -0.4 is 0 Å². The van der Waals surface area contributed by atoms with Crippen LogP contribution in [-0.2, 0) is 4.79 Å². The van der Waals surface area contributed by atoms with E-state index >= 15 is 0 Å². The summed E-state index contributed by atoms with van der Waals surface area (Å²) in [7, 11) is 0. The summed E-state index contributed by atoms with van der Waals surface area (Å²) in [5.41, 5.74) is 1.80. The van der Waals surface area contributed by atoms with Gasteiger partial charge in [-0.1, -0.05) is 65.0 Å². The largest absolute Gasteiger partial charge is 0.299 e. The van der Waals surface area contributed by atoms with Gasteiger partial charge in [-0.15, -0.1) is 0 Å². The van der Waals surface area contributed by atoms with Crippen molar-refractivity contribution in [3.63, 3.8) is 0 Å². The number of fused-ring (bicyclic) bond motifs is 5. The molecular formula is C34H50O2. The zero-order chi connectivity index (χ0) is 25.7. The predicted octanol–water partition coefficient (Wildman–Crippen LogP) is 8.79. The molecule has 2 heteroatoms. The SMILES string of the molecule is CC(C)C(=O)CC[C@@H](C)[C@H]1CC[C@H]2[C@@H]3CC[C@@H]4C[C@H](C(=O)c5ccccc5)CC[C@]4(C)[C@H]3CC[C@]12C. The molecule has 4 aliphatic carbocycles. The topological polar surface area (TPSA) is 34.1 Å². The summed E-state index contributed by atoms with van der Waals surface area (Å²) >= 11 is 0. The van der Waals surface area contributed by atoms with Gasteiger partial charge in [0.25, 0.3) is 0 Å². The molecule has 0 radical (unpaired) electrons. The van der Waals surface area contributed by atoms with Crippen LogP contribution in [0.4, 0.5) is 0 Å². The maximum absolute atomic E-state index is 13.3. The van der Waals surface area contributed by atoms with Gasteiger partial charge in [0, 0.05) is 23.8 Å². The summed E-state index contributed by atoms with van der Waals surface area (Å²) in [4.78, 5) is 25.6. The quantitative estimate of drug-likeness (QED) is 0.358. The third-order valence-corrected chi connectivity index (χ3v) is 12.3. The van der Waals surface area contributed by atoms with Crippen LogP contribution in [0.2, 0.25) is 0 Å². The second kappa shape index (κ2) is 10.0. The molecule has 1 aromatic rings. The van der Waals surface area contributed by atoms with E-state index in [-0.39, 0.29) is 11.8 Å². The Kier molecular flexibility index (Phi) is 7.29. The number of Topliss-reactive ketones (excluding diaryl/α,β-unsaturated/α-hetero) is 2. The maximum atomic E-state index is 13.3. The highest BCUT2D eigenvalue weighted by Gasteiger charge is 2.60. The lowest BCUT2D eigenvalue weighted by Gasteiger charge is -2.61. The Labute approximate surface area is 220 Å². The van der Waals surface area contributed by atoms with Gasteiger partial charge in [-0.3, -0.25) is 9.59 Å². The summed E-state index contributed by atoms with van der Waals surface area (Å²) in [5.74, 6) is 5.98. The van der Waals surface area contributed by atoms with Crippen molar-refractivity contribution >= 4 is 11.6 Å². The molecule has 4 aliphatic rings. The minimum Gasteiger partial charge on any atom is -0.299 e. The highest BCUT2D eigenvalue weighted by Crippen LogP contribution is 2.68. The zero-order valence-corrected chi connectivity index (χ0v) is 23.6. The smallest absolute Gasteiger partial charge is 0.165 e. The molecule has 0 unspecified atom stereocenters. The number of benzene rings is 1. The Hall–Kier alpha value is -1.44. The second-order valence-electron chi connectivity index (χ2n) is 14.2. The Morgan fingerprint density at radius 3 is 2.28 bits per heavy atom. The predicted molar refractivity (Wildman–Crippen MR) is 148 cm³/mol. The molecule has 4 saturated carbocycles. The molecule has 0 N–H and O–H groups in total. The standard InChI is InChI=1S/C34H50O2/c1-22(2)31(35)16-11-23(3)28-14-15-29-27-13-12-26-21-25(32(36)24-9-7-6-8-10-24)17-19-33(26,4)30(27)18-20-34(28,29)5/h6-10,22-23,25-30H,11-21H2,1-5H3/t23-,25-,26-,27+,28-,29+,30+,33+,34-/m1/s1. The van der Waals surface area contributed by atoms with Crippen molar-refractivity contribution < 1.29 is 9.59 Å². The molecule has 0 spiro atoms. The van der Waals surface area contributed by atoms with E-state index in [1.807, 2.05) is 44.2 Å². The molecule has 0 bridgehead atoms. The van der Waals surface area contributed by atoms with E-state index < -0.39 is 0 Å². The van der Waals surface area contributed by atoms with Crippen molar-refractivity contribution in [1.82, 2.24) is 0 Å². The minimum absolute atomic E-state index is 0.175. The number of carbonyl (C=O) groups is 2. The molecule has 5 rings (SSSR count). The highest BCUT2D eigenvalue weighted by atomic mass is 16.1. The number of hydrogen-bond acceptors (Lipinski definition) is 2. The van der Waals surface area contributed by atoms with Crippen LogP contribution in [0.15, 0.2) is 30.3 Å². The van der Waals surface area contributed by atoms with Gasteiger partial charge in [-0.05, 0) is 111 Å². The van der Waals surface area contributed by atoms with Gasteiger partial charge in [-0.2, -0.15) is 0 Å². The summed E-state index contributed by atoms with van der Waals surface area (Å²) < 4.78 is 0. The first-order valence-electron chi connectivity index (χ1n) is 15.3. The zero-order valence-electron chi connectivity index (χ0n) is 23.6. The van der Waals surface area contributed by atoms with Crippen LogP contribution in [0, 0.1) is 58.2 Å². The van der Waals surface area contributed by atoms with Crippen LogP contribution in [0.25, 0.3) is 0 Å². The molecule has 2 nitrogen and oxygen atoms in total. The molecule has 36 heavy (non-hydrogen) atoms. The van der Waals surface area contributed by atoms with Gasteiger partial charge in [0.1, 0.15) is 5.78 Å². The Morgan fingerprint density at radius 1 is 0.861 bits per heavy atom. The van der Waals surface area contributed by atoms with E-state index in [1.54, 1.807) is 0 Å². The van der Waals surface area contributed by atoms with E-state index in [9.17, 15) is 9.59 Å². The number of carbonyl (C=O) groups excluding carboxylic acids is 2. The van der Waals surface area contributed by atoms with Crippen LogP contribution in [-0.4, -0.2) is 11.6 Å². The first kappa shape index (κ1) is 26.2. The molecule has 0 heterocycles. The number of ketones is 2. The average Bonchev–Trinajstić information content (AvgIpc) is 3.24. The van der Waals surface area contributed by atoms with Gasteiger partial charge in [0.05, 0.1) is 0 Å². The average molecular weight is 491 g/mol. The van der Waals surface area contributed by atoms with Gasteiger partial charge in [0.2, 0.25) is 0 Å². The van der Waals surface area contributed by atoms with Gasteiger partial charge in [-0.25, -0.2) is 0 Å². The van der Waals surface area contributed by atoms with Crippen LogP contribution >= 0.6 is 0 Å². The van der Waals surface area contributed by atoms with Crippen molar-refractivity contribution in [3.05, 3.63) is 35.9 Å². The van der Waals surface area contributed by atoms with Crippen LogP contribution in [0.1, 0.15) is 116 Å². The van der Waals surface area contributed by atoms with Gasteiger partial charge < -0.3 is 0 Å². The molecular weight excluding hydrogens is 440 g/mol. The fraction of sp³-hybridized carbons (Fsp3) is 0.765. The third kappa shape index (κ3) is 4.43. The van der Waals surface area contributed by atoms with E-state index in [0.29, 0.717) is 34.2 Å². The van der Waals surface area contributed by atoms with Gasteiger partial charge in [0.15, 0.2) is 5.78 Å². The van der Waals surface area contributed by atoms with Crippen molar-refractivity contribution in [1.29, 1.82) is 0 Å². The lowest BCUT2D eigenvalue weighted by atomic mass is 9.44. The van der Waals surface area contributed by atoms with E-state index in [0.717, 1.165) is 54.9 Å². The number of hydrogen-bond donors (Lipinski definition) is 0. The normalized spacial score (nSPS) is 40.7. The van der Waals surface area contributed by atoms with Crippen molar-refractivity contribution in [2.24, 2.45) is 58.2 Å².